The van der Waals surface area contributed by atoms with Gasteiger partial charge in [-0.25, -0.2) is 0 Å². The average molecular weight is 288 g/mol. The van der Waals surface area contributed by atoms with Crippen molar-refractivity contribution in [2.75, 3.05) is 24.6 Å². The van der Waals surface area contributed by atoms with Gasteiger partial charge in [0.1, 0.15) is 5.75 Å². The largest absolute Gasteiger partial charge is 0.493 e. The summed E-state index contributed by atoms with van der Waals surface area (Å²) in [6.45, 7) is 5.13. The smallest absolute Gasteiger partial charge is 0.122 e. The molecule has 2 aliphatic rings. The molecule has 0 amide bonds. The highest BCUT2D eigenvalue weighted by Gasteiger charge is 2.18. The number of rotatable bonds is 4. The van der Waals surface area contributed by atoms with E-state index in [1.807, 2.05) is 0 Å². The number of hydrogen-bond donors (Lipinski definition) is 1. The van der Waals surface area contributed by atoms with Crippen LogP contribution in [0.15, 0.2) is 18.2 Å². The second-order valence-corrected chi connectivity index (χ2v) is 6.76. The van der Waals surface area contributed by atoms with Gasteiger partial charge >= 0.3 is 0 Å². The van der Waals surface area contributed by atoms with Crippen LogP contribution in [0, 0.1) is 12.8 Å². The predicted octanol–water partition coefficient (Wildman–Crippen LogP) is 3.49. The number of nitrogens with two attached hydrogens (primary N) is 1. The Bertz CT molecular complexity index is 468. The monoisotopic (exact) mass is 288 g/mol. The van der Waals surface area contributed by atoms with Crippen LogP contribution in [0.5, 0.6) is 5.75 Å². The summed E-state index contributed by atoms with van der Waals surface area (Å²) < 4.78 is 6.04. The van der Waals surface area contributed by atoms with Crippen LogP contribution in [0.2, 0.25) is 0 Å². The van der Waals surface area contributed by atoms with E-state index < -0.39 is 0 Å². The van der Waals surface area contributed by atoms with Gasteiger partial charge in [0.15, 0.2) is 0 Å². The zero-order valence-electron chi connectivity index (χ0n) is 13.2. The van der Waals surface area contributed by atoms with Gasteiger partial charge in [-0.3, -0.25) is 0 Å². The molecule has 1 saturated heterocycles. The molecule has 2 N–H and O–H groups in total. The lowest BCUT2D eigenvalue weighted by Gasteiger charge is -2.33. The Morgan fingerprint density at radius 1 is 1.19 bits per heavy atom. The van der Waals surface area contributed by atoms with Crippen molar-refractivity contribution in [3.8, 4) is 5.75 Å². The van der Waals surface area contributed by atoms with Crippen molar-refractivity contribution in [3.05, 3.63) is 23.8 Å². The molecule has 1 aliphatic carbocycles. The number of aryl methyl sites for hydroxylation is 1. The minimum absolute atomic E-state index is 0.317. The molecular formula is C18H28N2O. The zero-order valence-corrected chi connectivity index (χ0v) is 13.2. The summed E-state index contributed by atoms with van der Waals surface area (Å²) in [6, 6.07) is 6.90. The maximum atomic E-state index is 6.08. The highest BCUT2D eigenvalue weighted by Crippen LogP contribution is 2.29. The van der Waals surface area contributed by atoms with E-state index in [0.29, 0.717) is 6.04 Å². The molecule has 2 fully saturated rings. The zero-order chi connectivity index (χ0) is 14.7. The van der Waals surface area contributed by atoms with Gasteiger partial charge in [-0.05, 0) is 62.3 Å². The molecule has 1 aromatic carbocycles. The summed E-state index contributed by atoms with van der Waals surface area (Å²) in [5.74, 6) is 1.82. The van der Waals surface area contributed by atoms with Gasteiger partial charge in [-0.2, -0.15) is 0 Å². The molecule has 1 heterocycles. The van der Waals surface area contributed by atoms with Crippen LogP contribution in [-0.4, -0.2) is 25.7 Å². The van der Waals surface area contributed by atoms with Crippen molar-refractivity contribution in [1.29, 1.82) is 0 Å². The van der Waals surface area contributed by atoms with Crippen LogP contribution < -0.4 is 15.4 Å². The summed E-state index contributed by atoms with van der Waals surface area (Å²) in [7, 11) is 0. The lowest BCUT2D eigenvalue weighted by molar-refractivity contribution is 0.251. The van der Waals surface area contributed by atoms with E-state index in [0.717, 1.165) is 37.8 Å². The minimum atomic E-state index is 0.317. The first-order valence-corrected chi connectivity index (χ1v) is 8.46. The average Bonchev–Trinajstić information content (AvgIpc) is 2.99. The molecule has 116 valence electrons. The van der Waals surface area contributed by atoms with Crippen LogP contribution in [0.3, 0.4) is 0 Å². The van der Waals surface area contributed by atoms with E-state index in [4.69, 9.17) is 10.5 Å². The van der Waals surface area contributed by atoms with Gasteiger partial charge in [0.05, 0.1) is 6.61 Å². The first kappa shape index (κ1) is 14.7. The molecule has 0 radical (unpaired) electrons. The summed E-state index contributed by atoms with van der Waals surface area (Å²) >= 11 is 0. The Hall–Kier alpha value is -1.22. The molecule has 3 heteroatoms. The fourth-order valence-corrected chi connectivity index (χ4v) is 3.62. The molecule has 1 aromatic rings. The summed E-state index contributed by atoms with van der Waals surface area (Å²) in [5, 5.41) is 0. The van der Waals surface area contributed by atoms with Crippen molar-refractivity contribution >= 4 is 5.69 Å². The van der Waals surface area contributed by atoms with Crippen LogP contribution >= 0.6 is 0 Å². The Labute approximate surface area is 128 Å². The van der Waals surface area contributed by atoms with Crippen molar-refractivity contribution in [2.45, 2.75) is 51.5 Å². The van der Waals surface area contributed by atoms with Crippen molar-refractivity contribution in [2.24, 2.45) is 11.7 Å². The first-order valence-electron chi connectivity index (χ1n) is 8.46. The van der Waals surface area contributed by atoms with E-state index in [1.54, 1.807) is 0 Å². The fourth-order valence-electron chi connectivity index (χ4n) is 3.62. The first-order chi connectivity index (χ1) is 10.2. The maximum absolute atomic E-state index is 6.08. The van der Waals surface area contributed by atoms with E-state index in [9.17, 15) is 0 Å². The normalized spacial score (nSPS) is 23.5. The molecule has 0 aromatic heterocycles. The van der Waals surface area contributed by atoms with Gasteiger partial charge in [-0.1, -0.05) is 12.8 Å². The number of ether oxygens (including phenoxy) is 1. The lowest BCUT2D eigenvalue weighted by atomic mass is 10.1. The Balaban J connectivity index is 1.61. The number of piperidine rings is 1. The van der Waals surface area contributed by atoms with E-state index in [2.05, 4.69) is 30.0 Å². The number of nitrogens with zero attached hydrogens (tertiary/aromatic N) is 1. The van der Waals surface area contributed by atoms with Gasteiger partial charge in [0.25, 0.3) is 0 Å². The van der Waals surface area contributed by atoms with Gasteiger partial charge in [-0.15, -0.1) is 0 Å². The third-order valence-corrected chi connectivity index (χ3v) is 4.93. The molecule has 1 aliphatic heterocycles. The van der Waals surface area contributed by atoms with Crippen molar-refractivity contribution in [3.63, 3.8) is 0 Å². The molecule has 3 nitrogen and oxygen atoms in total. The molecule has 1 unspecified atom stereocenters. The topological polar surface area (TPSA) is 38.5 Å². The quantitative estimate of drug-likeness (QED) is 0.921. The van der Waals surface area contributed by atoms with Crippen LogP contribution in [-0.2, 0) is 0 Å². The molecule has 1 atom stereocenters. The van der Waals surface area contributed by atoms with Crippen LogP contribution in [0.4, 0.5) is 5.69 Å². The fraction of sp³-hybridized carbons (Fsp3) is 0.667. The lowest BCUT2D eigenvalue weighted by Crippen LogP contribution is -2.42. The van der Waals surface area contributed by atoms with Crippen molar-refractivity contribution in [1.82, 2.24) is 0 Å². The highest BCUT2D eigenvalue weighted by molar-refractivity contribution is 5.53. The van der Waals surface area contributed by atoms with Gasteiger partial charge in [0.2, 0.25) is 0 Å². The van der Waals surface area contributed by atoms with Gasteiger partial charge in [0, 0.05) is 24.8 Å². The van der Waals surface area contributed by atoms with Crippen molar-refractivity contribution < 1.29 is 4.74 Å². The third-order valence-electron chi connectivity index (χ3n) is 4.93. The summed E-state index contributed by atoms with van der Waals surface area (Å²) in [4.78, 5) is 2.40. The number of anilines is 1. The van der Waals surface area contributed by atoms with E-state index in [-0.39, 0.29) is 0 Å². The van der Waals surface area contributed by atoms with Crippen LogP contribution in [0.1, 0.15) is 44.1 Å². The maximum Gasteiger partial charge on any atom is 0.122 e. The predicted molar refractivity (Wildman–Crippen MR) is 88.1 cm³/mol. The number of hydrogen-bond acceptors (Lipinski definition) is 3. The standard InChI is InChI=1S/C18H28N2O/c1-14-11-17(20-10-4-7-16(19)12-20)8-9-18(14)21-13-15-5-2-3-6-15/h8-9,11,15-16H,2-7,10,12-13,19H2,1H3. The number of benzene rings is 1. The molecule has 0 spiro atoms. The molecule has 3 rings (SSSR count). The second kappa shape index (κ2) is 6.69. The second-order valence-electron chi connectivity index (χ2n) is 6.76. The summed E-state index contributed by atoms with van der Waals surface area (Å²) in [6.07, 6.45) is 7.77. The van der Waals surface area contributed by atoms with Gasteiger partial charge < -0.3 is 15.4 Å². The Morgan fingerprint density at radius 3 is 2.71 bits per heavy atom. The molecule has 0 bridgehead atoms. The SMILES string of the molecule is Cc1cc(N2CCCC(N)C2)ccc1OCC1CCCC1. The Kier molecular flexibility index (Phi) is 4.69. The third kappa shape index (κ3) is 3.70. The molecular weight excluding hydrogens is 260 g/mol. The Morgan fingerprint density at radius 2 is 2.00 bits per heavy atom. The van der Waals surface area contributed by atoms with E-state index >= 15 is 0 Å². The summed E-state index contributed by atoms with van der Waals surface area (Å²) in [5.41, 5.74) is 8.61. The highest BCUT2D eigenvalue weighted by atomic mass is 16.5. The minimum Gasteiger partial charge on any atom is -0.493 e. The molecule has 21 heavy (non-hydrogen) atoms. The van der Waals surface area contributed by atoms with E-state index in [1.165, 1.54) is 43.4 Å². The van der Waals surface area contributed by atoms with Crippen LogP contribution in [0.25, 0.3) is 0 Å². The molecule has 1 saturated carbocycles.